The molecule has 1 N–H and O–H groups in total. The van der Waals surface area contributed by atoms with Gasteiger partial charge in [0, 0.05) is 6.04 Å². The van der Waals surface area contributed by atoms with Crippen molar-refractivity contribution in [2.75, 3.05) is 10.8 Å². The minimum atomic E-state index is -4.10. The normalized spacial score (nSPS) is 12.4. The summed E-state index contributed by atoms with van der Waals surface area (Å²) in [7, 11) is -4.10. The van der Waals surface area contributed by atoms with Crippen molar-refractivity contribution in [1.82, 2.24) is 5.32 Å². The number of anilines is 1. The Labute approximate surface area is 160 Å². The molecule has 0 bridgehead atoms. The minimum absolute atomic E-state index is 0.00533. The molecule has 2 rings (SSSR count). The van der Waals surface area contributed by atoms with Gasteiger partial charge in [-0.1, -0.05) is 43.2 Å². The van der Waals surface area contributed by atoms with Crippen LogP contribution in [0.5, 0.6) is 0 Å². The number of carbonyl (C=O) groups excluding carboxylic acids is 1. The summed E-state index contributed by atoms with van der Waals surface area (Å²) in [6.45, 7) is 5.19. The Morgan fingerprint density at radius 2 is 1.78 bits per heavy atom. The monoisotopic (exact) mass is 392 g/mol. The van der Waals surface area contributed by atoms with Gasteiger partial charge in [0.2, 0.25) is 5.91 Å². The minimum Gasteiger partial charge on any atom is -0.352 e. The van der Waals surface area contributed by atoms with E-state index in [1.54, 1.807) is 12.1 Å². The van der Waals surface area contributed by atoms with E-state index < -0.39 is 28.3 Å². The number of nitrogens with zero attached hydrogens (tertiary/aromatic N) is 1. The lowest BCUT2D eigenvalue weighted by molar-refractivity contribution is -0.120. The largest absolute Gasteiger partial charge is 0.352 e. The highest BCUT2D eigenvalue weighted by Crippen LogP contribution is 2.26. The molecule has 0 unspecified atom stereocenters. The lowest BCUT2D eigenvalue weighted by Gasteiger charge is -2.25. The Morgan fingerprint density at radius 3 is 2.37 bits per heavy atom. The molecule has 1 atom stereocenters. The maximum Gasteiger partial charge on any atom is 0.264 e. The average Bonchev–Trinajstić information content (AvgIpc) is 2.61. The van der Waals surface area contributed by atoms with Crippen LogP contribution in [-0.4, -0.2) is 26.9 Å². The third kappa shape index (κ3) is 5.29. The molecule has 0 saturated carbocycles. The van der Waals surface area contributed by atoms with Gasteiger partial charge in [0.25, 0.3) is 10.0 Å². The highest BCUT2D eigenvalue weighted by atomic mass is 32.2. The van der Waals surface area contributed by atoms with Crippen LogP contribution in [0.25, 0.3) is 0 Å². The zero-order valence-corrected chi connectivity index (χ0v) is 16.6. The molecule has 7 heteroatoms. The van der Waals surface area contributed by atoms with Crippen molar-refractivity contribution in [1.29, 1.82) is 0 Å². The van der Waals surface area contributed by atoms with E-state index in [9.17, 15) is 17.6 Å². The Morgan fingerprint density at radius 1 is 1.15 bits per heavy atom. The summed E-state index contributed by atoms with van der Waals surface area (Å²) in [5.41, 5.74) is 0.744. The molecule has 2 aromatic carbocycles. The van der Waals surface area contributed by atoms with Gasteiger partial charge in [-0.2, -0.15) is 0 Å². The number of para-hydroxylation sites is 1. The summed E-state index contributed by atoms with van der Waals surface area (Å²) >= 11 is 0. The van der Waals surface area contributed by atoms with Crippen LogP contribution in [0.3, 0.4) is 0 Å². The molecular weight excluding hydrogens is 367 g/mol. The van der Waals surface area contributed by atoms with Gasteiger partial charge in [0.05, 0.1) is 10.6 Å². The van der Waals surface area contributed by atoms with E-state index in [0.717, 1.165) is 22.7 Å². The second-order valence-corrected chi connectivity index (χ2v) is 8.40. The highest BCUT2D eigenvalue weighted by Gasteiger charge is 2.29. The molecule has 5 nitrogen and oxygen atoms in total. The molecule has 146 valence electrons. The number of halogens is 1. The number of amides is 1. The fraction of sp³-hybridized carbons (Fsp3) is 0.350. The van der Waals surface area contributed by atoms with Crippen molar-refractivity contribution in [2.24, 2.45) is 0 Å². The smallest absolute Gasteiger partial charge is 0.264 e. The van der Waals surface area contributed by atoms with Gasteiger partial charge in [-0.15, -0.1) is 0 Å². The van der Waals surface area contributed by atoms with Crippen molar-refractivity contribution in [3.63, 3.8) is 0 Å². The van der Waals surface area contributed by atoms with E-state index in [2.05, 4.69) is 5.32 Å². The van der Waals surface area contributed by atoms with Crippen LogP contribution in [-0.2, 0) is 14.8 Å². The fourth-order valence-corrected chi connectivity index (χ4v) is 4.18. The standard InChI is InChI=1S/C20H25FN2O3S/c1-4-7-16(3)22-20(24)14-23(19-9-6-5-8-18(19)21)27(25,26)17-12-10-15(2)11-13-17/h5-6,8-13,16H,4,7,14H2,1-3H3,(H,22,24)/t16-/m0/s1. The van der Waals surface area contributed by atoms with E-state index in [0.29, 0.717) is 0 Å². The number of aryl methyl sites for hydroxylation is 1. The molecule has 2 aromatic rings. The van der Waals surface area contributed by atoms with E-state index in [1.807, 2.05) is 20.8 Å². The number of carbonyl (C=O) groups is 1. The third-order valence-corrected chi connectivity index (χ3v) is 5.92. The molecule has 0 aliphatic carbocycles. The highest BCUT2D eigenvalue weighted by molar-refractivity contribution is 7.92. The van der Waals surface area contributed by atoms with Gasteiger partial charge in [-0.05, 0) is 44.5 Å². The first-order valence-electron chi connectivity index (χ1n) is 8.89. The summed E-state index contributed by atoms with van der Waals surface area (Å²) in [5.74, 6) is -1.18. The quantitative estimate of drug-likeness (QED) is 0.746. The maximum atomic E-state index is 14.3. The molecule has 27 heavy (non-hydrogen) atoms. The topological polar surface area (TPSA) is 66.5 Å². The van der Waals surface area contributed by atoms with Gasteiger partial charge in [-0.25, -0.2) is 12.8 Å². The third-order valence-electron chi connectivity index (χ3n) is 4.15. The van der Waals surface area contributed by atoms with E-state index in [1.165, 1.54) is 36.4 Å². The summed E-state index contributed by atoms with van der Waals surface area (Å²) < 4.78 is 41.4. The van der Waals surface area contributed by atoms with Crippen molar-refractivity contribution in [2.45, 2.75) is 44.6 Å². The SMILES string of the molecule is CCC[C@H](C)NC(=O)CN(c1ccccc1F)S(=O)(=O)c1ccc(C)cc1. The summed E-state index contributed by atoms with van der Waals surface area (Å²) in [4.78, 5) is 12.4. The first kappa shape index (κ1) is 20.9. The van der Waals surface area contributed by atoms with E-state index in [4.69, 9.17) is 0 Å². The second-order valence-electron chi connectivity index (χ2n) is 6.53. The zero-order valence-electron chi connectivity index (χ0n) is 15.8. The van der Waals surface area contributed by atoms with Crippen LogP contribution in [0.1, 0.15) is 32.3 Å². The molecule has 0 saturated heterocycles. The Balaban J connectivity index is 2.40. The van der Waals surface area contributed by atoms with Crippen LogP contribution in [0.4, 0.5) is 10.1 Å². The van der Waals surface area contributed by atoms with Crippen LogP contribution in [0.15, 0.2) is 53.4 Å². The van der Waals surface area contributed by atoms with Gasteiger partial charge in [0.1, 0.15) is 12.4 Å². The van der Waals surface area contributed by atoms with Crippen LogP contribution in [0.2, 0.25) is 0 Å². The van der Waals surface area contributed by atoms with Gasteiger partial charge < -0.3 is 5.32 Å². The maximum absolute atomic E-state index is 14.3. The lowest BCUT2D eigenvalue weighted by Crippen LogP contribution is -2.43. The Hall–Kier alpha value is -2.41. The summed E-state index contributed by atoms with van der Waals surface area (Å²) in [5, 5.41) is 2.77. The number of hydrogen-bond donors (Lipinski definition) is 1. The molecule has 0 aromatic heterocycles. The predicted molar refractivity (Wildman–Crippen MR) is 105 cm³/mol. The van der Waals surface area contributed by atoms with Crippen LogP contribution in [0, 0.1) is 12.7 Å². The molecule has 0 heterocycles. The lowest BCUT2D eigenvalue weighted by atomic mass is 10.2. The fourth-order valence-electron chi connectivity index (χ4n) is 2.75. The predicted octanol–water partition coefficient (Wildman–Crippen LogP) is 3.63. The number of rotatable bonds is 8. The molecule has 0 spiro atoms. The van der Waals surface area contributed by atoms with Crippen molar-refractivity contribution < 1.29 is 17.6 Å². The van der Waals surface area contributed by atoms with E-state index >= 15 is 0 Å². The van der Waals surface area contributed by atoms with Gasteiger partial charge in [-0.3, -0.25) is 9.10 Å². The average molecular weight is 392 g/mol. The number of benzene rings is 2. The number of nitrogens with one attached hydrogen (secondary N) is 1. The molecule has 0 aliphatic rings. The van der Waals surface area contributed by atoms with Gasteiger partial charge in [0.15, 0.2) is 0 Å². The number of hydrogen-bond acceptors (Lipinski definition) is 3. The van der Waals surface area contributed by atoms with Gasteiger partial charge >= 0.3 is 0 Å². The zero-order chi connectivity index (χ0) is 20.0. The molecular formula is C20H25FN2O3S. The Bertz CT molecular complexity index is 882. The number of sulfonamides is 1. The van der Waals surface area contributed by atoms with Crippen LogP contribution < -0.4 is 9.62 Å². The van der Waals surface area contributed by atoms with Crippen molar-refractivity contribution >= 4 is 21.6 Å². The van der Waals surface area contributed by atoms with Crippen LogP contribution >= 0.6 is 0 Å². The van der Waals surface area contributed by atoms with Crippen molar-refractivity contribution in [3.8, 4) is 0 Å². The molecule has 0 radical (unpaired) electrons. The molecule has 1 amide bonds. The first-order valence-corrected chi connectivity index (χ1v) is 10.3. The van der Waals surface area contributed by atoms with E-state index in [-0.39, 0.29) is 16.6 Å². The second kappa shape index (κ2) is 8.99. The molecule has 0 aliphatic heterocycles. The molecule has 0 fully saturated rings. The first-order chi connectivity index (χ1) is 12.8. The Kier molecular flexibility index (Phi) is 6.96. The summed E-state index contributed by atoms with van der Waals surface area (Å²) in [6, 6.07) is 11.7. The van der Waals surface area contributed by atoms with Crippen molar-refractivity contribution in [3.05, 3.63) is 59.9 Å². The summed E-state index contributed by atoms with van der Waals surface area (Å²) in [6.07, 6.45) is 1.66.